The Morgan fingerprint density at radius 1 is 0.913 bits per heavy atom. The summed E-state index contributed by atoms with van der Waals surface area (Å²) < 4.78 is 5.57. The molecule has 4 nitrogen and oxygen atoms in total. The molecule has 5 heteroatoms. The second kappa shape index (κ2) is 7.33. The van der Waals surface area contributed by atoms with Crippen LogP contribution in [0.4, 0.5) is 0 Å². The van der Waals surface area contributed by atoms with Gasteiger partial charge in [0.25, 0.3) is 5.91 Å². The van der Waals surface area contributed by atoms with Gasteiger partial charge in [0.15, 0.2) is 0 Å². The van der Waals surface area contributed by atoms with Crippen LogP contribution < -0.4 is 5.32 Å². The zero-order chi connectivity index (χ0) is 16.1. The molecule has 3 rings (SSSR count). The van der Waals surface area contributed by atoms with Gasteiger partial charge in [-0.3, -0.25) is 4.79 Å². The van der Waals surface area contributed by atoms with E-state index >= 15 is 0 Å². The van der Waals surface area contributed by atoms with Gasteiger partial charge in [0.2, 0.25) is 0 Å². The summed E-state index contributed by atoms with van der Waals surface area (Å²) in [7, 11) is 0. The van der Waals surface area contributed by atoms with E-state index in [9.17, 15) is 9.59 Å². The Kier molecular flexibility index (Phi) is 4.98. The van der Waals surface area contributed by atoms with Gasteiger partial charge in [-0.15, -0.1) is 0 Å². The number of carbonyl (C=O) groups is 2. The number of esters is 1. The summed E-state index contributed by atoms with van der Waals surface area (Å²) in [5, 5.41) is 2.97. The summed E-state index contributed by atoms with van der Waals surface area (Å²) in [6, 6.07) is 17.8. The maximum absolute atomic E-state index is 12.2. The molecule has 1 N–H and O–H groups in total. The number of carbonyl (C=O) groups excluding carboxylic acids is 2. The molecular weight excluding hydrogens is 310 g/mol. The Bertz CT molecular complexity index is 616. The molecule has 0 aliphatic carbocycles. The Morgan fingerprint density at radius 2 is 1.52 bits per heavy atom. The van der Waals surface area contributed by atoms with E-state index in [2.05, 4.69) is 5.32 Å². The lowest BCUT2D eigenvalue weighted by Gasteiger charge is -2.20. The van der Waals surface area contributed by atoms with Crippen molar-refractivity contribution < 1.29 is 14.3 Å². The Morgan fingerprint density at radius 3 is 2.17 bits per heavy atom. The van der Waals surface area contributed by atoms with E-state index < -0.39 is 0 Å². The highest BCUT2D eigenvalue weighted by Crippen LogP contribution is 2.22. The first-order valence-electron chi connectivity index (χ1n) is 7.44. The minimum atomic E-state index is -0.350. The molecule has 0 bridgehead atoms. The van der Waals surface area contributed by atoms with Crippen molar-refractivity contribution in [3.8, 4) is 0 Å². The quantitative estimate of drug-likeness (QED) is 0.878. The Hall–Kier alpha value is -2.27. The summed E-state index contributed by atoms with van der Waals surface area (Å²) in [4.78, 5) is 24.4. The molecule has 2 atom stereocenters. The molecule has 1 aliphatic rings. The third-order valence-corrected chi connectivity index (χ3v) is 4.81. The van der Waals surface area contributed by atoms with Crippen molar-refractivity contribution in [2.24, 2.45) is 0 Å². The summed E-state index contributed by atoms with van der Waals surface area (Å²) in [5.41, 5.74) is 1.13. The smallest absolute Gasteiger partial charge is 0.338 e. The van der Waals surface area contributed by atoms with Crippen LogP contribution in [0.25, 0.3) is 0 Å². The lowest BCUT2D eigenvalue weighted by Crippen LogP contribution is -2.44. The maximum Gasteiger partial charge on any atom is 0.338 e. The van der Waals surface area contributed by atoms with Gasteiger partial charge < -0.3 is 10.1 Å². The van der Waals surface area contributed by atoms with Crippen LogP contribution in [0.3, 0.4) is 0 Å². The normalized spacial score (nSPS) is 20.0. The fraction of sp³-hybridized carbons (Fsp3) is 0.222. The molecule has 0 unspecified atom stereocenters. The number of amides is 1. The molecule has 0 spiro atoms. The number of hydrogen-bond donors (Lipinski definition) is 1. The van der Waals surface area contributed by atoms with Gasteiger partial charge in [-0.1, -0.05) is 36.4 Å². The zero-order valence-corrected chi connectivity index (χ0v) is 13.3. The van der Waals surface area contributed by atoms with Gasteiger partial charge in [-0.2, -0.15) is 11.8 Å². The highest BCUT2D eigenvalue weighted by Gasteiger charge is 2.32. The average Bonchev–Trinajstić information content (AvgIpc) is 3.03. The van der Waals surface area contributed by atoms with Crippen LogP contribution in [0.2, 0.25) is 0 Å². The van der Waals surface area contributed by atoms with Crippen LogP contribution in [0, 0.1) is 0 Å². The molecule has 0 radical (unpaired) electrons. The highest BCUT2D eigenvalue weighted by atomic mass is 32.2. The molecule has 2 aromatic rings. The monoisotopic (exact) mass is 327 g/mol. The van der Waals surface area contributed by atoms with Gasteiger partial charge in [-0.05, 0) is 24.3 Å². The van der Waals surface area contributed by atoms with Gasteiger partial charge in [0.05, 0.1) is 11.6 Å². The third kappa shape index (κ3) is 3.93. The molecular formula is C18H17NO3S. The topological polar surface area (TPSA) is 55.4 Å². The van der Waals surface area contributed by atoms with Crippen LogP contribution in [-0.4, -0.2) is 35.5 Å². The minimum absolute atomic E-state index is 0.140. The number of nitrogens with one attached hydrogen (secondary N) is 1. The molecule has 0 aromatic heterocycles. The van der Waals surface area contributed by atoms with E-state index in [1.165, 1.54) is 0 Å². The fourth-order valence-electron chi connectivity index (χ4n) is 2.41. The number of benzene rings is 2. The first kappa shape index (κ1) is 15.6. The van der Waals surface area contributed by atoms with Crippen LogP contribution in [0.15, 0.2) is 60.7 Å². The SMILES string of the molecule is O=C(N[C@H]1CSC[C@H]1OC(=O)c1ccccc1)c1ccccc1. The second-order valence-electron chi connectivity index (χ2n) is 5.29. The van der Waals surface area contributed by atoms with Crippen molar-refractivity contribution in [3.63, 3.8) is 0 Å². The van der Waals surface area contributed by atoms with Crippen LogP contribution in [-0.2, 0) is 4.74 Å². The van der Waals surface area contributed by atoms with E-state index in [0.29, 0.717) is 16.9 Å². The van der Waals surface area contributed by atoms with Crippen molar-refractivity contribution in [1.29, 1.82) is 0 Å². The first-order chi connectivity index (χ1) is 11.2. The lowest BCUT2D eigenvalue weighted by atomic mass is 10.1. The molecule has 0 saturated carbocycles. The molecule has 1 aliphatic heterocycles. The number of hydrogen-bond acceptors (Lipinski definition) is 4. The molecule has 118 valence electrons. The molecule has 1 amide bonds. The predicted molar refractivity (Wildman–Crippen MR) is 90.7 cm³/mol. The first-order valence-corrected chi connectivity index (χ1v) is 8.59. The van der Waals surface area contributed by atoms with E-state index in [4.69, 9.17) is 4.74 Å². The fourth-order valence-corrected chi connectivity index (χ4v) is 3.63. The van der Waals surface area contributed by atoms with Crippen LogP contribution in [0.5, 0.6) is 0 Å². The third-order valence-electron chi connectivity index (χ3n) is 3.65. The van der Waals surface area contributed by atoms with Gasteiger partial charge >= 0.3 is 5.97 Å². The predicted octanol–water partition coefficient (Wildman–Crippen LogP) is 2.76. The van der Waals surface area contributed by atoms with Crippen molar-refractivity contribution in [3.05, 3.63) is 71.8 Å². The van der Waals surface area contributed by atoms with Crippen molar-refractivity contribution in [2.75, 3.05) is 11.5 Å². The second-order valence-corrected chi connectivity index (χ2v) is 6.37. The number of ether oxygens (including phenoxy) is 1. The summed E-state index contributed by atoms with van der Waals surface area (Å²) >= 11 is 1.67. The highest BCUT2D eigenvalue weighted by molar-refractivity contribution is 7.99. The van der Waals surface area contributed by atoms with Crippen LogP contribution in [0.1, 0.15) is 20.7 Å². The summed E-state index contributed by atoms with van der Waals surface area (Å²) in [5.74, 6) is 0.944. The van der Waals surface area contributed by atoms with Gasteiger partial charge in [-0.25, -0.2) is 4.79 Å². The minimum Gasteiger partial charge on any atom is -0.456 e. The maximum atomic E-state index is 12.2. The number of thioether (sulfide) groups is 1. The Balaban J connectivity index is 1.62. The van der Waals surface area contributed by atoms with E-state index in [-0.39, 0.29) is 24.0 Å². The standard InChI is InChI=1S/C18H17NO3S/c20-17(13-7-3-1-4-8-13)19-15-11-23-12-16(15)22-18(21)14-9-5-2-6-10-14/h1-10,15-16H,11-12H2,(H,19,20)/t15-,16+/m0/s1. The van der Waals surface area contributed by atoms with Crippen LogP contribution >= 0.6 is 11.8 Å². The lowest BCUT2D eigenvalue weighted by molar-refractivity contribution is 0.0293. The van der Waals surface area contributed by atoms with Crippen molar-refractivity contribution in [2.45, 2.75) is 12.1 Å². The average molecular weight is 327 g/mol. The summed E-state index contributed by atoms with van der Waals surface area (Å²) in [6.45, 7) is 0. The number of rotatable bonds is 4. The van der Waals surface area contributed by atoms with Gasteiger partial charge in [0, 0.05) is 17.1 Å². The van der Waals surface area contributed by atoms with E-state index in [0.717, 1.165) is 5.75 Å². The summed E-state index contributed by atoms with van der Waals surface area (Å²) in [6.07, 6.45) is -0.305. The largest absolute Gasteiger partial charge is 0.456 e. The molecule has 1 heterocycles. The van der Waals surface area contributed by atoms with Gasteiger partial charge in [0.1, 0.15) is 6.10 Å². The van der Waals surface area contributed by atoms with E-state index in [1.54, 1.807) is 48.2 Å². The molecule has 23 heavy (non-hydrogen) atoms. The molecule has 1 saturated heterocycles. The zero-order valence-electron chi connectivity index (χ0n) is 12.5. The molecule has 2 aromatic carbocycles. The molecule has 1 fully saturated rings. The van der Waals surface area contributed by atoms with Crippen molar-refractivity contribution in [1.82, 2.24) is 5.32 Å². The van der Waals surface area contributed by atoms with Crippen molar-refractivity contribution >= 4 is 23.6 Å². The van der Waals surface area contributed by atoms with E-state index in [1.807, 2.05) is 24.3 Å². The Labute approximate surface area is 139 Å².